The Balaban J connectivity index is 1.88. The molecule has 1 aromatic heterocycles. The van der Waals surface area contributed by atoms with Crippen LogP contribution in [0.4, 0.5) is 11.4 Å². The van der Waals surface area contributed by atoms with Crippen LogP contribution in [0.1, 0.15) is 30.3 Å². The van der Waals surface area contributed by atoms with Crippen LogP contribution in [-0.4, -0.2) is 27.2 Å². The molecule has 0 aliphatic heterocycles. The maximum Gasteiger partial charge on any atom is 0.278 e. The molecule has 3 aromatic rings. The van der Waals surface area contributed by atoms with Crippen molar-refractivity contribution in [2.75, 3.05) is 11.4 Å². The van der Waals surface area contributed by atoms with Crippen molar-refractivity contribution in [2.24, 2.45) is 0 Å². The number of benzene rings is 2. The molecule has 0 saturated carbocycles. The lowest BCUT2D eigenvalue weighted by atomic mass is 10.2. The third-order valence-corrected chi connectivity index (χ3v) is 4.16. The van der Waals surface area contributed by atoms with E-state index < -0.39 is 4.92 Å². The first-order chi connectivity index (χ1) is 13.1. The summed E-state index contributed by atoms with van der Waals surface area (Å²) in [5.41, 5.74) is 1.62. The van der Waals surface area contributed by atoms with Gasteiger partial charge in [-0.2, -0.15) is 5.10 Å². The number of rotatable bonds is 7. The third kappa shape index (κ3) is 4.20. The van der Waals surface area contributed by atoms with Gasteiger partial charge in [0.25, 0.3) is 11.6 Å². The van der Waals surface area contributed by atoms with E-state index in [2.05, 4.69) is 12.0 Å². The Bertz CT molecular complexity index is 937. The molecule has 0 aliphatic carbocycles. The molecule has 0 bridgehead atoms. The van der Waals surface area contributed by atoms with E-state index in [-0.39, 0.29) is 11.6 Å². The molecule has 0 N–H and O–H groups in total. The maximum absolute atomic E-state index is 13.0. The van der Waals surface area contributed by atoms with E-state index in [0.29, 0.717) is 17.9 Å². The number of unbranched alkanes of at least 4 members (excludes halogenated alkanes) is 1. The van der Waals surface area contributed by atoms with Crippen molar-refractivity contribution in [3.63, 3.8) is 0 Å². The van der Waals surface area contributed by atoms with Crippen LogP contribution in [0, 0.1) is 10.1 Å². The zero-order valence-electron chi connectivity index (χ0n) is 15.0. The first-order valence-corrected chi connectivity index (χ1v) is 8.77. The molecule has 1 amide bonds. The predicted molar refractivity (Wildman–Crippen MR) is 103 cm³/mol. The second-order valence-corrected chi connectivity index (χ2v) is 6.07. The van der Waals surface area contributed by atoms with Gasteiger partial charge in [-0.1, -0.05) is 37.6 Å². The molecular formula is C20H20N4O3. The second kappa shape index (κ2) is 8.27. The van der Waals surface area contributed by atoms with Crippen molar-refractivity contribution >= 4 is 17.3 Å². The molecule has 0 atom stereocenters. The fourth-order valence-corrected chi connectivity index (χ4v) is 2.74. The van der Waals surface area contributed by atoms with Crippen molar-refractivity contribution in [2.45, 2.75) is 19.8 Å². The van der Waals surface area contributed by atoms with E-state index >= 15 is 0 Å². The number of anilines is 1. The van der Waals surface area contributed by atoms with Gasteiger partial charge in [-0.25, -0.2) is 4.68 Å². The zero-order valence-corrected chi connectivity index (χ0v) is 15.0. The Kier molecular flexibility index (Phi) is 5.61. The Morgan fingerprint density at radius 1 is 1.15 bits per heavy atom. The summed E-state index contributed by atoms with van der Waals surface area (Å²) in [4.78, 5) is 25.2. The number of nitro groups is 1. The average Bonchev–Trinajstić information content (AvgIpc) is 3.19. The molecule has 1 heterocycles. The minimum atomic E-state index is -0.457. The maximum atomic E-state index is 13.0. The molecule has 3 rings (SSSR count). The number of hydrogen-bond donors (Lipinski definition) is 0. The van der Waals surface area contributed by atoms with Gasteiger partial charge in [-0.05, 0) is 30.7 Å². The highest BCUT2D eigenvalue weighted by atomic mass is 16.6. The predicted octanol–water partition coefficient (Wildman–Crippen LogP) is 4.23. The molecular weight excluding hydrogens is 344 g/mol. The number of carbonyl (C=O) groups is 1. The number of para-hydroxylation sites is 1. The second-order valence-electron chi connectivity index (χ2n) is 6.07. The van der Waals surface area contributed by atoms with Crippen LogP contribution in [0.25, 0.3) is 5.69 Å². The quantitative estimate of drug-likeness (QED) is 0.464. The highest BCUT2D eigenvalue weighted by molar-refractivity contribution is 6.04. The fourth-order valence-electron chi connectivity index (χ4n) is 2.74. The third-order valence-electron chi connectivity index (χ3n) is 4.16. The molecule has 27 heavy (non-hydrogen) atoms. The minimum Gasteiger partial charge on any atom is -0.307 e. The normalized spacial score (nSPS) is 10.6. The topological polar surface area (TPSA) is 81.3 Å². The van der Waals surface area contributed by atoms with Crippen molar-refractivity contribution in [1.29, 1.82) is 0 Å². The lowest BCUT2D eigenvalue weighted by Crippen LogP contribution is -2.32. The van der Waals surface area contributed by atoms with E-state index in [9.17, 15) is 14.9 Å². The lowest BCUT2D eigenvalue weighted by Gasteiger charge is -2.21. The Hall–Kier alpha value is -3.48. The molecule has 0 radical (unpaired) electrons. The minimum absolute atomic E-state index is 0.0234. The Labute approximate surface area is 157 Å². The van der Waals surface area contributed by atoms with Crippen LogP contribution in [0.3, 0.4) is 0 Å². The van der Waals surface area contributed by atoms with Crippen LogP contribution in [0.15, 0.2) is 66.9 Å². The summed E-state index contributed by atoms with van der Waals surface area (Å²) in [6.45, 7) is 2.67. The fraction of sp³-hybridized carbons (Fsp3) is 0.200. The van der Waals surface area contributed by atoms with E-state index in [1.807, 2.05) is 30.3 Å². The van der Waals surface area contributed by atoms with Gasteiger partial charge in [0.1, 0.15) is 0 Å². The van der Waals surface area contributed by atoms with Crippen LogP contribution >= 0.6 is 0 Å². The van der Waals surface area contributed by atoms with Gasteiger partial charge in [0.15, 0.2) is 5.69 Å². The molecule has 0 aliphatic rings. The van der Waals surface area contributed by atoms with Gasteiger partial charge >= 0.3 is 0 Å². The van der Waals surface area contributed by atoms with Crippen molar-refractivity contribution in [3.8, 4) is 5.69 Å². The first kappa shape index (κ1) is 18.3. The summed E-state index contributed by atoms with van der Waals surface area (Å²) in [6.07, 6.45) is 3.49. The van der Waals surface area contributed by atoms with Gasteiger partial charge < -0.3 is 4.90 Å². The highest BCUT2D eigenvalue weighted by Gasteiger charge is 2.20. The average molecular weight is 364 g/mol. The SMILES string of the molecule is CCCCN(C(=O)c1ccn(-c2cccc([N+](=O)[O-])c2)n1)c1ccccc1. The molecule has 2 aromatic carbocycles. The van der Waals surface area contributed by atoms with Crippen LogP contribution in [0.2, 0.25) is 0 Å². The van der Waals surface area contributed by atoms with Crippen molar-refractivity contribution in [1.82, 2.24) is 9.78 Å². The summed E-state index contributed by atoms with van der Waals surface area (Å²) < 4.78 is 1.48. The van der Waals surface area contributed by atoms with E-state index in [4.69, 9.17) is 0 Å². The van der Waals surface area contributed by atoms with E-state index in [1.165, 1.54) is 16.8 Å². The Morgan fingerprint density at radius 2 is 1.93 bits per heavy atom. The van der Waals surface area contributed by atoms with E-state index in [1.54, 1.807) is 29.3 Å². The molecule has 0 unspecified atom stereocenters. The number of carbonyl (C=O) groups excluding carboxylic acids is 1. The van der Waals surface area contributed by atoms with Crippen LogP contribution < -0.4 is 4.90 Å². The number of non-ortho nitro benzene ring substituents is 1. The Morgan fingerprint density at radius 3 is 2.63 bits per heavy atom. The number of aromatic nitrogens is 2. The van der Waals surface area contributed by atoms with Gasteiger partial charge in [-0.3, -0.25) is 14.9 Å². The van der Waals surface area contributed by atoms with Crippen molar-refractivity contribution < 1.29 is 9.72 Å². The van der Waals surface area contributed by atoms with Crippen LogP contribution in [0.5, 0.6) is 0 Å². The highest BCUT2D eigenvalue weighted by Crippen LogP contribution is 2.19. The monoisotopic (exact) mass is 364 g/mol. The van der Waals surface area contributed by atoms with Crippen molar-refractivity contribution in [3.05, 3.63) is 82.7 Å². The largest absolute Gasteiger partial charge is 0.307 e. The molecule has 7 heteroatoms. The summed E-state index contributed by atoms with van der Waals surface area (Å²) >= 11 is 0. The van der Waals surface area contributed by atoms with Gasteiger partial charge in [0.05, 0.1) is 10.6 Å². The summed E-state index contributed by atoms with van der Waals surface area (Å²) in [5.74, 6) is -0.196. The standard InChI is InChI=1S/C20H20N4O3/c1-2-3-13-22(16-8-5-4-6-9-16)20(25)19-12-14-23(21-19)17-10-7-11-18(15-17)24(26)27/h4-12,14-15H,2-3,13H2,1H3. The molecule has 7 nitrogen and oxygen atoms in total. The first-order valence-electron chi connectivity index (χ1n) is 8.77. The summed E-state index contributed by atoms with van der Waals surface area (Å²) in [6, 6.07) is 17.2. The smallest absolute Gasteiger partial charge is 0.278 e. The number of hydrogen-bond acceptors (Lipinski definition) is 4. The van der Waals surface area contributed by atoms with Gasteiger partial charge in [0.2, 0.25) is 0 Å². The van der Waals surface area contributed by atoms with E-state index in [0.717, 1.165) is 18.5 Å². The van der Waals surface area contributed by atoms with Gasteiger partial charge in [0, 0.05) is 30.6 Å². The number of amides is 1. The van der Waals surface area contributed by atoms with Gasteiger partial charge in [-0.15, -0.1) is 0 Å². The molecule has 0 fully saturated rings. The lowest BCUT2D eigenvalue weighted by molar-refractivity contribution is -0.384. The van der Waals surface area contributed by atoms with Crippen LogP contribution in [-0.2, 0) is 0 Å². The summed E-state index contributed by atoms with van der Waals surface area (Å²) in [5, 5.41) is 15.3. The molecule has 138 valence electrons. The summed E-state index contributed by atoms with van der Waals surface area (Å²) in [7, 11) is 0. The molecule has 0 spiro atoms. The number of nitrogens with zero attached hydrogens (tertiary/aromatic N) is 4. The zero-order chi connectivity index (χ0) is 19.2. The number of nitro benzene ring substituents is 1. The molecule has 0 saturated heterocycles.